The summed E-state index contributed by atoms with van der Waals surface area (Å²) in [6, 6.07) is 10.6. The zero-order valence-electron chi connectivity index (χ0n) is 12.0. The van der Waals surface area contributed by atoms with Gasteiger partial charge in [0.15, 0.2) is 5.69 Å². The summed E-state index contributed by atoms with van der Waals surface area (Å²) in [4.78, 5) is 1.58. The fraction of sp³-hybridized carbons (Fsp3) is 0.0625. The van der Waals surface area contributed by atoms with Gasteiger partial charge < -0.3 is 0 Å². The van der Waals surface area contributed by atoms with Crippen molar-refractivity contribution in [2.45, 2.75) is 6.18 Å². The van der Waals surface area contributed by atoms with E-state index in [-0.39, 0.29) is 5.69 Å². The Bertz CT molecular complexity index is 931. The Hall–Kier alpha value is -2.92. The van der Waals surface area contributed by atoms with E-state index in [1.54, 1.807) is 30.4 Å². The standard InChI is InChI=1S/C16H9F3N4S/c17-16(18,19)11-3-1-2-10(8-11)4-5-12-6-7-14(24-12)15-13(9-20)21-23-22-15/h1-8H,(H,21,22,23). The first-order chi connectivity index (χ1) is 11.5. The molecule has 3 rings (SSSR count). The number of aromatic nitrogens is 3. The number of alkyl halides is 3. The second-order valence-corrected chi connectivity index (χ2v) is 5.91. The van der Waals surface area contributed by atoms with Crippen molar-refractivity contribution in [3.63, 3.8) is 0 Å². The minimum absolute atomic E-state index is 0.199. The second-order valence-electron chi connectivity index (χ2n) is 4.79. The maximum Gasteiger partial charge on any atom is 0.416 e. The van der Waals surface area contributed by atoms with E-state index >= 15 is 0 Å². The molecule has 0 bridgehead atoms. The van der Waals surface area contributed by atoms with E-state index in [0.717, 1.165) is 21.9 Å². The van der Waals surface area contributed by atoms with Gasteiger partial charge in [0, 0.05) is 4.88 Å². The lowest BCUT2D eigenvalue weighted by atomic mass is 10.1. The minimum Gasteiger partial charge on any atom is -0.196 e. The molecule has 0 saturated carbocycles. The van der Waals surface area contributed by atoms with Crippen LogP contribution < -0.4 is 0 Å². The highest BCUT2D eigenvalue weighted by Crippen LogP contribution is 2.31. The lowest BCUT2D eigenvalue weighted by Crippen LogP contribution is -2.04. The average molecular weight is 346 g/mol. The van der Waals surface area contributed by atoms with E-state index in [2.05, 4.69) is 15.4 Å². The summed E-state index contributed by atoms with van der Waals surface area (Å²) in [6.45, 7) is 0. The van der Waals surface area contributed by atoms with Crippen molar-refractivity contribution in [1.82, 2.24) is 15.4 Å². The number of halogens is 3. The molecule has 0 atom stereocenters. The van der Waals surface area contributed by atoms with Crippen molar-refractivity contribution in [3.8, 4) is 16.6 Å². The summed E-state index contributed by atoms with van der Waals surface area (Å²) in [7, 11) is 0. The number of hydrogen-bond donors (Lipinski definition) is 1. The van der Waals surface area contributed by atoms with Gasteiger partial charge in [-0.3, -0.25) is 0 Å². The van der Waals surface area contributed by atoms with Gasteiger partial charge in [0.1, 0.15) is 11.8 Å². The van der Waals surface area contributed by atoms with E-state index in [4.69, 9.17) is 5.26 Å². The van der Waals surface area contributed by atoms with Crippen molar-refractivity contribution in [1.29, 1.82) is 5.26 Å². The summed E-state index contributed by atoms with van der Waals surface area (Å²) in [5.74, 6) is 0. The lowest BCUT2D eigenvalue weighted by Gasteiger charge is -2.06. The zero-order valence-corrected chi connectivity index (χ0v) is 12.8. The zero-order chi connectivity index (χ0) is 17.2. The Labute approximate surface area is 138 Å². The van der Waals surface area contributed by atoms with Crippen LogP contribution in [-0.2, 0) is 6.18 Å². The molecule has 0 spiro atoms. The second kappa shape index (κ2) is 6.29. The van der Waals surface area contributed by atoms with Crippen molar-refractivity contribution in [2.24, 2.45) is 0 Å². The van der Waals surface area contributed by atoms with Crippen LogP contribution in [0.4, 0.5) is 13.2 Å². The van der Waals surface area contributed by atoms with Crippen LogP contribution in [0.15, 0.2) is 36.4 Å². The molecule has 1 N–H and O–H groups in total. The first kappa shape index (κ1) is 16.0. The van der Waals surface area contributed by atoms with Crippen molar-refractivity contribution in [2.75, 3.05) is 0 Å². The molecule has 0 aliphatic carbocycles. The van der Waals surface area contributed by atoms with Crippen molar-refractivity contribution >= 4 is 23.5 Å². The molecule has 24 heavy (non-hydrogen) atoms. The summed E-state index contributed by atoms with van der Waals surface area (Å²) in [5, 5.41) is 19.0. The molecule has 0 aliphatic rings. The highest BCUT2D eigenvalue weighted by atomic mass is 32.1. The van der Waals surface area contributed by atoms with Crippen LogP contribution >= 0.6 is 11.3 Å². The first-order valence-electron chi connectivity index (χ1n) is 6.74. The molecule has 2 aromatic heterocycles. The van der Waals surface area contributed by atoms with Gasteiger partial charge in [-0.05, 0) is 35.9 Å². The third kappa shape index (κ3) is 3.36. The Morgan fingerprint density at radius 3 is 2.71 bits per heavy atom. The Kier molecular flexibility index (Phi) is 4.18. The number of nitriles is 1. The molecule has 4 nitrogen and oxygen atoms in total. The van der Waals surface area contributed by atoms with Gasteiger partial charge in [0.25, 0.3) is 0 Å². The van der Waals surface area contributed by atoms with Gasteiger partial charge in [0.05, 0.1) is 10.4 Å². The van der Waals surface area contributed by atoms with Gasteiger partial charge in [-0.25, -0.2) is 0 Å². The van der Waals surface area contributed by atoms with Gasteiger partial charge in [-0.15, -0.1) is 16.4 Å². The van der Waals surface area contributed by atoms with Crippen molar-refractivity contribution < 1.29 is 13.2 Å². The van der Waals surface area contributed by atoms with Crippen LogP contribution in [0.2, 0.25) is 0 Å². The average Bonchev–Trinajstić information content (AvgIpc) is 3.21. The van der Waals surface area contributed by atoms with Crippen LogP contribution in [0, 0.1) is 11.3 Å². The number of aromatic amines is 1. The molecule has 2 heterocycles. The quantitative estimate of drug-likeness (QED) is 0.754. The number of thiophene rings is 1. The van der Waals surface area contributed by atoms with Crippen LogP contribution in [0.25, 0.3) is 22.7 Å². The van der Waals surface area contributed by atoms with Crippen LogP contribution in [0.3, 0.4) is 0 Å². The molecule has 3 aromatic rings. The fourth-order valence-electron chi connectivity index (χ4n) is 2.05. The molecule has 0 amide bonds. The molecule has 0 aliphatic heterocycles. The molecule has 0 unspecified atom stereocenters. The largest absolute Gasteiger partial charge is 0.416 e. The summed E-state index contributed by atoms with van der Waals surface area (Å²) in [6.07, 6.45) is -1.03. The van der Waals surface area contributed by atoms with E-state index in [9.17, 15) is 13.2 Å². The summed E-state index contributed by atoms with van der Waals surface area (Å²) in [5.41, 5.74) is 0.433. The topological polar surface area (TPSA) is 65.4 Å². The summed E-state index contributed by atoms with van der Waals surface area (Å²) < 4.78 is 38.1. The third-order valence-electron chi connectivity index (χ3n) is 3.17. The van der Waals surface area contributed by atoms with Crippen LogP contribution in [-0.4, -0.2) is 15.4 Å². The third-order valence-corrected chi connectivity index (χ3v) is 4.23. The maximum atomic E-state index is 12.7. The first-order valence-corrected chi connectivity index (χ1v) is 7.55. The number of H-pyrrole nitrogens is 1. The van der Waals surface area contributed by atoms with Gasteiger partial charge in [0.2, 0.25) is 0 Å². The van der Waals surface area contributed by atoms with E-state index < -0.39 is 11.7 Å². The lowest BCUT2D eigenvalue weighted by molar-refractivity contribution is -0.137. The molecule has 0 saturated heterocycles. The fourth-order valence-corrected chi connectivity index (χ4v) is 2.95. The molecule has 8 heteroatoms. The number of nitrogens with one attached hydrogen (secondary N) is 1. The molecule has 0 fully saturated rings. The Morgan fingerprint density at radius 2 is 1.96 bits per heavy atom. The minimum atomic E-state index is -4.36. The number of rotatable bonds is 3. The van der Waals surface area contributed by atoms with Crippen LogP contribution in [0.1, 0.15) is 21.7 Å². The van der Waals surface area contributed by atoms with E-state index in [0.29, 0.717) is 11.3 Å². The highest BCUT2D eigenvalue weighted by molar-refractivity contribution is 7.16. The Morgan fingerprint density at radius 1 is 1.12 bits per heavy atom. The number of nitrogens with zero attached hydrogens (tertiary/aromatic N) is 3. The Balaban J connectivity index is 1.83. The molecular weight excluding hydrogens is 337 g/mol. The van der Waals surface area contributed by atoms with Gasteiger partial charge in [-0.1, -0.05) is 18.2 Å². The monoisotopic (exact) mass is 346 g/mol. The SMILES string of the molecule is N#Cc1n[nH]nc1-c1ccc(C=Cc2cccc(C(F)(F)F)c2)s1. The molecule has 1 aromatic carbocycles. The molecule has 0 radical (unpaired) electrons. The molecular formula is C16H9F3N4S. The predicted octanol–water partition coefficient (Wildman–Crippen LogP) is 4.59. The van der Waals surface area contributed by atoms with E-state index in [1.165, 1.54) is 17.4 Å². The van der Waals surface area contributed by atoms with Gasteiger partial charge >= 0.3 is 6.18 Å². The van der Waals surface area contributed by atoms with E-state index in [1.807, 2.05) is 6.07 Å². The van der Waals surface area contributed by atoms with Gasteiger partial charge in [-0.2, -0.15) is 28.7 Å². The number of hydrogen-bond acceptors (Lipinski definition) is 4. The normalized spacial score (nSPS) is 11.8. The number of benzene rings is 1. The maximum absolute atomic E-state index is 12.7. The highest BCUT2D eigenvalue weighted by Gasteiger charge is 2.30. The summed E-state index contributed by atoms with van der Waals surface area (Å²) >= 11 is 1.37. The molecule has 120 valence electrons. The predicted molar refractivity (Wildman–Crippen MR) is 84.8 cm³/mol. The smallest absolute Gasteiger partial charge is 0.196 e. The van der Waals surface area contributed by atoms with Crippen LogP contribution in [0.5, 0.6) is 0 Å². The van der Waals surface area contributed by atoms with Crippen molar-refractivity contribution in [3.05, 3.63) is 58.1 Å².